The molecule has 0 unspecified atom stereocenters. The van der Waals surface area contributed by atoms with Gasteiger partial charge in [-0.2, -0.15) is 0 Å². The molecule has 0 radical (unpaired) electrons. The number of carbonyl (C=O) groups excluding carboxylic acids is 1. The van der Waals surface area contributed by atoms with E-state index in [-0.39, 0.29) is 5.91 Å². The van der Waals surface area contributed by atoms with E-state index in [1.807, 2.05) is 0 Å². The van der Waals surface area contributed by atoms with Crippen molar-refractivity contribution in [2.45, 2.75) is 6.54 Å². The number of amides is 1. The number of nitrogen functional groups attached to an aromatic ring is 1. The molecule has 1 amide bonds. The third-order valence-electron chi connectivity index (χ3n) is 2.68. The van der Waals surface area contributed by atoms with Crippen LogP contribution in [0, 0.1) is 0 Å². The molecule has 7 nitrogen and oxygen atoms in total. The van der Waals surface area contributed by atoms with E-state index in [1.165, 1.54) is 6.20 Å². The molecule has 7 heteroatoms. The van der Waals surface area contributed by atoms with Crippen molar-refractivity contribution < 1.29 is 9.53 Å². The molecule has 2 rings (SSSR count). The second-order valence-electron chi connectivity index (χ2n) is 3.95. The van der Waals surface area contributed by atoms with Gasteiger partial charge in [0.25, 0.3) is 5.91 Å². The van der Waals surface area contributed by atoms with Crippen LogP contribution < -0.4 is 21.3 Å². The highest BCUT2D eigenvalue weighted by molar-refractivity contribution is 5.99. The van der Waals surface area contributed by atoms with Crippen LogP contribution in [0.1, 0.15) is 15.9 Å². The Labute approximate surface area is 116 Å². The smallest absolute Gasteiger partial charge is 0.255 e. The number of hydrazine groups is 1. The number of methoxy groups -OCH3 is 1. The molecule has 2 heterocycles. The topological polar surface area (TPSA) is 102 Å². The Morgan fingerprint density at radius 3 is 3.00 bits per heavy atom. The maximum absolute atomic E-state index is 12.1. The van der Waals surface area contributed by atoms with Gasteiger partial charge in [-0.15, -0.1) is 0 Å². The summed E-state index contributed by atoms with van der Waals surface area (Å²) in [4.78, 5) is 20.0. The van der Waals surface area contributed by atoms with Crippen LogP contribution in [0.15, 0.2) is 36.8 Å². The van der Waals surface area contributed by atoms with Crippen LogP contribution in [0.3, 0.4) is 0 Å². The predicted molar refractivity (Wildman–Crippen MR) is 74.0 cm³/mol. The first-order valence-electron chi connectivity index (χ1n) is 5.92. The zero-order valence-corrected chi connectivity index (χ0v) is 11.0. The Bertz CT molecular complexity index is 603. The molecule has 0 saturated carbocycles. The molecule has 0 bridgehead atoms. The van der Waals surface area contributed by atoms with E-state index in [0.29, 0.717) is 23.7 Å². The monoisotopic (exact) mass is 273 g/mol. The Hall–Kier alpha value is -2.67. The number of nitrogens with zero attached hydrogens (tertiary/aromatic N) is 2. The van der Waals surface area contributed by atoms with Gasteiger partial charge < -0.3 is 15.5 Å². The number of carbonyl (C=O) groups is 1. The number of pyridine rings is 2. The molecule has 0 aliphatic heterocycles. The summed E-state index contributed by atoms with van der Waals surface area (Å²) < 4.78 is 5.02. The van der Waals surface area contributed by atoms with E-state index in [4.69, 9.17) is 10.6 Å². The second kappa shape index (κ2) is 6.48. The first-order chi connectivity index (χ1) is 9.74. The van der Waals surface area contributed by atoms with Crippen LogP contribution >= 0.6 is 0 Å². The van der Waals surface area contributed by atoms with Crippen molar-refractivity contribution in [2.24, 2.45) is 5.84 Å². The van der Waals surface area contributed by atoms with Crippen molar-refractivity contribution in [1.82, 2.24) is 15.3 Å². The Morgan fingerprint density at radius 2 is 2.25 bits per heavy atom. The van der Waals surface area contributed by atoms with Crippen molar-refractivity contribution in [2.75, 3.05) is 12.5 Å². The summed E-state index contributed by atoms with van der Waals surface area (Å²) in [6.07, 6.45) is 4.63. The fourth-order valence-corrected chi connectivity index (χ4v) is 1.65. The number of nitrogens with two attached hydrogens (primary N) is 1. The van der Waals surface area contributed by atoms with E-state index in [0.717, 1.165) is 5.56 Å². The van der Waals surface area contributed by atoms with Crippen LogP contribution in [-0.4, -0.2) is 23.0 Å². The lowest BCUT2D eigenvalue weighted by Gasteiger charge is -2.09. The predicted octanol–water partition coefficient (Wildman–Crippen LogP) is 0.701. The quantitative estimate of drug-likeness (QED) is 0.547. The van der Waals surface area contributed by atoms with Crippen molar-refractivity contribution in [3.63, 3.8) is 0 Å². The molecule has 0 fully saturated rings. The third kappa shape index (κ3) is 3.21. The average molecular weight is 273 g/mol. The largest absolute Gasteiger partial charge is 0.481 e. The number of anilines is 1. The highest BCUT2D eigenvalue weighted by Gasteiger charge is 2.10. The van der Waals surface area contributed by atoms with Gasteiger partial charge in [-0.3, -0.25) is 15.6 Å². The average Bonchev–Trinajstić information content (AvgIpc) is 2.52. The van der Waals surface area contributed by atoms with Gasteiger partial charge in [0.2, 0.25) is 5.88 Å². The first kappa shape index (κ1) is 13.8. The van der Waals surface area contributed by atoms with Gasteiger partial charge >= 0.3 is 0 Å². The summed E-state index contributed by atoms with van der Waals surface area (Å²) in [6, 6.07) is 5.18. The Morgan fingerprint density at radius 1 is 1.40 bits per heavy atom. The van der Waals surface area contributed by atoms with Crippen molar-refractivity contribution >= 4 is 11.6 Å². The fraction of sp³-hybridized carbons (Fsp3) is 0.154. The molecule has 0 atom stereocenters. The summed E-state index contributed by atoms with van der Waals surface area (Å²) in [5, 5.41) is 2.78. The molecule has 20 heavy (non-hydrogen) atoms. The number of aromatic nitrogens is 2. The van der Waals surface area contributed by atoms with Crippen LogP contribution in [0.5, 0.6) is 5.88 Å². The van der Waals surface area contributed by atoms with Gasteiger partial charge in [0, 0.05) is 31.2 Å². The standard InChI is InChI=1S/C13H15N5O2/c1-20-12-6-9(2-5-16-12)7-17-13(19)10-8-15-4-3-11(10)18-14/h2-6,8H,7,14H2,1H3,(H,15,18)(H,17,19). The van der Waals surface area contributed by atoms with Gasteiger partial charge in [0.15, 0.2) is 0 Å². The van der Waals surface area contributed by atoms with Crippen LogP contribution in [0.4, 0.5) is 5.69 Å². The minimum absolute atomic E-state index is 0.262. The maximum atomic E-state index is 12.1. The minimum Gasteiger partial charge on any atom is -0.481 e. The number of hydrogen-bond donors (Lipinski definition) is 3. The number of rotatable bonds is 5. The number of hydrogen-bond acceptors (Lipinski definition) is 6. The fourth-order valence-electron chi connectivity index (χ4n) is 1.65. The molecule has 0 aromatic carbocycles. The van der Waals surface area contributed by atoms with E-state index < -0.39 is 0 Å². The maximum Gasteiger partial charge on any atom is 0.255 e. The van der Waals surface area contributed by atoms with E-state index in [2.05, 4.69) is 20.7 Å². The molecule has 4 N–H and O–H groups in total. The summed E-state index contributed by atoms with van der Waals surface area (Å²) in [5.41, 5.74) is 4.25. The molecular weight excluding hydrogens is 258 g/mol. The minimum atomic E-state index is -0.262. The van der Waals surface area contributed by atoms with Crippen molar-refractivity contribution in [3.8, 4) is 5.88 Å². The SMILES string of the molecule is COc1cc(CNC(=O)c2cnccc2NN)ccn1. The molecule has 2 aromatic heterocycles. The summed E-state index contributed by atoms with van der Waals surface area (Å²) >= 11 is 0. The van der Waals surface area contributed by atoms with Crippen LogP contribution in [-0.2, 0) is 6.54 Å². The first-order valence-corrected chi connectivity index (χ1v) is 5.92. The van der Waals surface area contributed by atoms with Gasteiger partial charge in [-0.25, -0.2) is 4.98 Å². The number of nitrogens with one attached hydrogen (secondary N) is 2. The lowest BCUT2D eigenvalue weighted by Crippen LogP contribution is -2.25. The highest BCUT2D eigenvalue weighted by Crippen LogP contribution is 2.12. The molecule has 2 aromatic rings. The highest BCUT2D eigenvalue weighted by atomic mass is 16.5. The van der Waals surface area contributed by atoms with Crippen molar-refractivity contribution in [1.29, 1.82) is 0 Å². The summed E-state index contributed by atoms with van der Waals surface area (Å²) in [6.45, 7) is 0.358. The Kier molecular flexibility index (Phi) is 4.46. The van der Waals surface area contributed by atoms with Crippen LogP contribution in [0.2, 0.25) is 0 Å². The van der Waals surface area contributed by atoms with Gasteiger partial charge in [-0.1, -0.05) is 0 Å². The Balaban J connectivity index is 2.04. The van der Waals surface area contributed by atoms with Gasteiger partial charge in [0.1, 0.15) is 0 Å². The zero-order valence-electron chi connectivity index (χ0n) is 11.0. The number of ether oxygens (including phenoxy) is 1. The van der Waals surface area contributed by atoms with Gasteiger partial charge in [-0.05, 0) is 17.7 Å². The summed E-state index contributed by atoms with van der Waals surface area (Å²) in [7, 11) is 1.54. The van der Waals surface area contributed by atoms with E-state index in [1.54, 1.807) is 37.7 Å². The third-order valence-corrected chi connectivity index (χ3v) is 2.68. The molecule has 0 spiro atoms. The normalized spacial score (nSPS) is 9.90. The van der Waals surface area contributed by atoms with Gasteiger partial charge in [0.05, 0.1) is 18.4 Å². The summed E-state index contributed by atoms with van der Waals surface area (Å²) in [5.74, 6) is 5.59. The molecule has 0 aliphatic rings. The lowest BCUT2D eigenvalue weighted by atomic mass is 10.2. The van der Waals surface area contributed by atoms with E-state index in [9.17, 15) is 4.79 Å². The van der Waals surface area contributed by atoms with Crippen LogP contribution in [0.25, 0.3) is 0 Å². The second-order valence-corrected chi connectivity index (χ2v) is 3.95. The molecule has 0 aliphatic carbocycles. The molecular formula is C13H15N5O2. The van der Waals surface area contributed by atoms with E-state index >= 15 is 0 Å². The lowest BCUT2D eigenvalue weighted by molar-refractivity contribution is 0.0951. The molecule has 104 valence electrons. The van der Waals surface area contributed by atoms with Crippen molar-refractivity contribution in [3.05, 3.63) is 47.9 Å². The zero-order chi connectivity index (χ0) is 14.4. The molecule has 0 saturated heterocycles.